The number of aromatic nitrogens is 3. The van der Waals surface area contributed by atoms with Gasteiger partial charge in [0.05, 0.1) is 6.54 Å². The van der Waals surface area contributed by atoms with Gasteiger partial charge in [0.25, 0.3) is 0 Å². The second-order valence-electron chi connectivity index (χ2n) is 2.68. The molecule has 0 unspecified atom stereocenters. The van der Waals surface area contributed by atoms with Crippen molar-refractivity contribution in [3.8, 4) is 0 Å². The molecule has 0 saturated heterocycles. The van der Waals surface area contributed by atoms with Gasteiger partial charge in [-0.1, -0.05) is 6.58 Å². The molecular weight excluding hydrogens is 206 g/mol. The van der Waals surface area contributed by atoms with Gasteiger partial charge in [-0.15, -0.1) is 0 Å². The Morgan fingerprint density at radius 2 is 1.73 bits per heavy atom. The standard InChI is InChI=1S/C7H7N3O5/c1-3(4(11)12)2-10-6(14)8-5(13)9-7(10)15/h1-2H2,(H,11,12)(H2,8,9,13,14,15). The Labute approximate surface area is 81.5 Å². The van der Waals surface area contributed by atoms with E-state index in [0.717, 1.165) is 0 Å². The van der Waals surface area contributed by atoms with Gasteiger partial charge in [0.15, 0.2) is 0 Å². The van der Waals surface area contributed by atoms with Crippen LogP contribution in [-0.2, 0) is 11.3 Å². The Morgan fingerprint density at radius 3 is 2.13 bits per heavy atom. The third kappa shape index (κ3) is 2.30. The van der Waals surface area contributed by atoms with Gasteiger partial charge in [-0.25, -0.2) is 23.7 Å². The van der Waals surface area contributed by atoms with Crippen LogP contribution in [0.1, 0.15) is 0 Å². The molecule has 0 aliphatic heterocycles. The van der Waals surface area contributed by atoms with Gasteiger partial charge in [0, 0.05) is 5.57 Å². The molecular formula is C7H7N3O5. The topological polar surface area (TPSA) is 125 Å². The highest BCUT2D eigenvalue weighted by Gasteiger charge is 2.09. The summed E-state index contributed by atoms with van der Waals surface area (Å²) >= 11 is 0. The van der Waals surface area contributed by atoms with Crippen LogP contribution in [0.15, 0.2) is 26.5 Å². The molecule has 0 bridgehead atoms. The highest BCUT2D eigenvalue weighted by atomic mass is 16.4. The molecule has 1 heterocycles. The van der Waals surface area contributed by atoms with E-state index in [1.807, 2.05) is 0 Å². The van der Waals surface area contributed by atoms with Gasteiger partial charge in [-0.2, -0.15) is 0 Å². The fourth-order valence-electron chi connectivity index (χ4n) is 0.855. The summed E-state index contributed by atoms with van der Waals surface area (Å²) in [6.07, 6.45) is 0. The van der Waals surface area contributed by atoms with E-state index in [1.165, 1.54) is 0 Å². The minimum atomic E-state index is -1.33. The molecule has 0 aliphatic rings. The molecule has 3 N–H and O–H groups in total. The second kappa shape index (κ2) is 3.78. The Kier molecular flexibility index (Phi) is 2.70. The average Bonchev–Trinajstić information content (AvgIpc) is 2.10. The number of carbonyl (C=O) groups is 1. The lowest BCUT2D eigenvalue weighted by Crippen LogP contribution is -2.43. The first-order valence-electron chi connectivity index (χ1n) is 3.76. The van der Waals surface area contributed by atoms with Crippen LogP contribution in [0.3, 0.4) is 0 Å². The van der Waals surface area contributed by atoms with E-state index in [2.05, 4.69) is 6.58 Å². The predicted octanol–water partition coefficient (Wildman–Crippen LogP) is -2.13. The number of carboxylic acid groups (broad SMARTS) is 1. The van der Waals surface area contributed by atoms with Crippen molar-refractivity contribution >= 4 is 5.97 Å². The van der Waals surface area contributed by atoms with Crippen molar-refractivity contribution < 1.29 is 9.90 Å². The van der Waals surface area contributed by atoms with Crippen molar-refractivity contribution in [3.63, 3.8) is 0 Å². The van der Waals surface area contributed by atoms with Crippen LogP contribution < -0.4 is 17.1 Å². The Morgan fingerprint density at radius 1 is 1.27 bits per heavy atom. The van der Waals surface area contributed by atoms with E-state index in [4.69, 9.17) is 5.11 Å². The number of hydrogen-bond acceptors (Lipinski definition) is 4. The second-order valence-corrected chi connectivity index (χ2v) is 2.68. The first-order valence-corrected chi connectivity index (χ1v) is 3.76. The fraction of sp³-hybridized carbons (Fsp3) is 0.143. The maximum Gasteiger partial charge on any atom is 0.333 e. The number of rotatable bonds is 3. The molecule has 0 spiro atoms. The third-order valence-electron chi connectivity index (χ3n) is 1.58. The normalized spacial score (nSPS) is 9.87. The first kappa shape index (κ1) is 10.7. The molecule has 0 saturated carbocycles. The van der Waals surface area contributed by atoms with Crippen LogP contribution in [-0.4, -0.2) is 25.6 Å². The van der Waals surface area contributed by atoms with E-state index in [9.17, 15) is 19.2 Å². The fourth-order valence-corrected chi connectivity index (χ4v) is 0.855. The lowest BCUT2D eigenvalue weighted by Gasteiger charge is -2.01. The number of aliphatic carboxylic acids is 1. The quantitative estimate of drug-likeness (QED) is 0.494. The first-order chi connectivity index (χ1) is 6.91. The largest absolute Gasteiger partial charge is 0.478 e. The number of nitrogens with zero attached hydrogens (tertiary/aromatic N) is 1. The van der Waals surface area contributed by atoms with Gasteiger partial charge in [0.2, 0.25) is 0 Å². The van der Waals surface area contributed by atoms with Crippen LogP contribution >= 0.6 is 0 Å². The molecule has 0 aromatic carbocycles. The van der Waals surface area contributed by atoms with Crippen LogP contribution in [0, 0.1) is 0 Å². The smallest absolute Gasteiger partial charge is 0.333 e. The lowest BCUT2D eigenvalue weighted by molar-refractivity contribution is -0.132. The summed E-state index contributed by atoms with van der Waals surface area (Å²) in [5.74, 6) is -1.33. The highest BCUT2D eigenvalue weighted by molar-refractivity contribution is 5.85. The molecule has 8 heteroatoms. The zero-order valence-corrected chi connectivity index (χ0v) is 7.44. The molecule has 0 aliphatic carbocycles. The van der Waals surface area contributed by atoms with Crippen molar-refractivity contribution in [2.45, 2.75) is 6.54 Å². The monoisotopic (exact) mass is 213 g/mol. The van der Waals surface area contributed by atoms with Crippen molar-refractivity contribution in [2.75, 3.05) is 0 Å². The molecule has 0 amide bonds. The van der Waals surface area contributed by atoms with Crippen LogP contribution in [0.25, 0.3) is 0 Å². The molecule has 0 radical (unpaired) electrons. The minimum Gasteiger partial charge on any atom is -0.478 e. The molecule has 0 atom stereocenters. The molecule has 8 nitrogen and oxygen atoms in total. The number of hydrogen-bond donors (Lipinski definition) is 3. The molecule has 0 fully saturated rings. The van der Waals surface area contributed by atoms with Crippen molar-refractivity contribution in [2.24, 2.45) is 0 Å². The van der Waals surface area contributed by atoms with E-state index < -0.39 is 29.6 Å². The number of aromatic amines is 2. The summed E-state index contributed by atoms with van der Waals surface area (Å²) in [7, 11) is 0. The molecule has 80 valence electrons. The predicted molar refractivity (Wildman–Crippen MR) is 48.7 cm³/mol. The lowest BCUT2D eigenvalue weighted by atomic mass is 10.3. The highest BCUT2D eigenvalue weighted by Crippen LogP contribution is 1.90. The van der Waals surface area contributed by atoms with Gasteiger partial charge in [-0.3, -0.25) is 9.97 Å². The van der Waals surface area contributed by atoms with Crippen molar-refractivity contribution in [1.82, 2.24) is 14.5 Å². The summed E-state index contributed by atoms with van der Waals surface area (Å²) in [5, 5.41) is 8.48. The summed E-state index contributed by atoms with van der Waals surface area (Å²) in [6.45, 7) is 2.66. The SMILES string of the molecule is C=C(Cn1c(=O)[nH]c(=O)[nH]c1=O)C(=O)O. The van der Waals surface area contributed by atoms with E-state index in [1.54, 1.807) is 9.97 Å². The van der Waals surface area contributed by atoms with Crippen LogP contribution in [0.4, 0.5) is 0 Å². The minimum absolute atomic E-state index is 0.338. The van der Waals surface area contributed by atoms with Gasteiger partial charge in [0.1, 0.15) is 0 Å². The third-order valence-corrected chi connectivity index (χ3v) is 1.58. The van der Waals surface area contributed by atoms with Gasteiger partial charge < -0.3 is 5.11 Å². The Bertz CT molecular complexity index is 541. The number of H-pyrrole nitrogens is 2. The Hall–Kier alpha value is -2.38. The van der Waals surface area contributed by atoms with E-state index >= 15 is 0 Å². The van der Waals surface area contributed by atoms with Crippen molar-refractivity contribution in [1.29, 1.82) is 0 Å². The van der Waals surface area contributed by atoms with Gasteiger partial charge in [-0.05, 0) is 0 Å². The summed E-state index contributed by atoms with van der Waals surface area (Å²) in [5.41, 5.74) is -3.24. The maximum absolute atomic E-state index is 11.1. The average molecular weight is 213 g/mol. The summed E-state index contributed by atoms with van der Waals surface area (Å²) in [6, 6.07) is 0. The number of carboxylic acids is 1. The van der Waals surface area contributed by atoms with E-state index in [0.29, 0.717) is 4.57 Å². The zero-order chi connectivity index (χ0) is 11.6. The molecule has 15 heavy (non-hydrogen) atoms. The molecule has 1 aromatic rings. The van der Waals surface area contributed by atoms with E-state index in [-0.39, 0.29) is 5.57 Å². The summed E-state index contributed by atoms with van der Waals surface area (Å²) in [4.78, 5) is 46.7. The van der Waals surface area contributed by atoms with Crippen LogP contribution in [0.2, 0.25) is 0 Å². The van der Waals surface area contributed by atoms with Gasteiger partial charge >= 0.3 is 23.0 Å². The maximum atomic E-state index is 11.1. The molecule has 1 aromatic heterocycles. The Balaban J connectivity index is 3.23. The summed E-state index contributed by atoms with van der Waals surface area (Å²) < 4.78 is 0.526. The zero-order valence-electron chi connectivity index (χ0n) is 7.44. The number of nitrogens with one attached hydrogen (secondary N) is 2. The van der Waals surface area contributed by atoms with Crippen LogP contribution in [0.5, 0.6) is 0 Å². The molecule has 1 rings (SSSR count). The van der Waals surface area contributed by atoms with Crippen molar-refractivity contribution in [3.05, 3.63) is 43.6 Å².